The lowest BCUT2D eigenvalue weighted by Crippen LogP contribution is -2.47. The highest BCUT2D eigenvalue weighted by Gasteiger charge is 2.22. The molecule has 1 amide bonds. The first-order chi connectivity index (χ1) is 11.8. The average Bonchev–Trinajstić information content (AvgIpc) is 2.89. The number of nitrogens with zero attached hydrogens (tertiary/aromatic N) is 4. The zero-order valence-corrected chi connectivity index (χ0v) is 16.0. The number of aryl methyl sites for hydroxylation is 2. The zero-order chi connectivity index (χ0) is 18.4. The molecular weight excluding hydrogens is 318 g/mol. The molecule has 0 bridgehead atoms. The summed E-state index contributed by atoms with van der Waals surface area (Å²) in [5.41, 5.74) is -0.373. The van der Waals surface area contributed by atoms with Gasteiger partial charge in [0.05, 0.1) is 13.1 Å². The van der Waals surface area contributed by atoms with Crippen molar-refractivity contribution < 1.29 is 4.79 Å². The molecule has 0 spiro atoms. The third kappa shape index (κ3) is 5.72. The van der Waals surface area contributed by atoms with Crippen molar-refractivity contribution in [3.63, 3.8) is 0 Å². The maximum atomic E-state index is 11.9. The van der Waals surface area contributed by atoms with Gasteiger partial charge in [-0.25, -0.2) is 9.67 Å². The van der Waals surface area contributed by atoms with Crippen LogP contribution in [0.25, 0.3) is 0 Å². The molecule has 2 rings (SSSR count). The molecule has 1 atom stereocenters. The summed E-state index contributed by atoms with van der Waals surface area (Å²) in [7, 11) is 0. The van der Waals surface area contributed by atoms with Crippen LogP contribution in [0.5, 0.6) is 0 Å². The number of carbonyl (C=O) groups excluding carboxylic acids is 1. The predicted octanol–water partition coefficient (Wildman–Crippen LogP) is 0.619. The van der Waals surface area contributed by atoms with E-state index in [4.69, 9.17) is 0 Å². The third-order valence-corrected chi connectivity index (χ3v) is 4.00. The van der Waals surface area contributed by atoms with E-state index >= 15 is 0 Å². The van der Waals surface area contributed by atoms with Gasteiger partial charge in [-0.05, 0) is 20.3 Å². The lowest BCUT2D eigenvalue weighted by molar-refractivity contribution is -0.128. The Morgan fingerprint density at radius 1 is 1.36 bits per heavy atom. The third-order valence-electron chi connectivity index (χ3n) is 4.00. The van der Waals surface area contributed by atoms with Gasteiger partial charge in [-0.1, -0.05) is 20.8 Å². The lowest BCUT2D eigenvalue weighted by Gasteiger charge is -2.25. The average molecular weight is 349 g/mol. The smallest absolute Gasteiger partial charge is 0.225 e. The fourth-order valence-electron chi connectivity index (χ4n) is 2.67. The summed E-state index contributed by atoms with van der Waals surface area (Å²) in [5, 5.41) is 14.1. The van der Waals surface area contributed by atoms with Crippen molar-refractivity contribution in [2.75, 3.05) is 19.6 Å². The second-order valence-electron chi connectivity index (χ2n) is 7.40. The SMILES string of the molecule is CCNC(=NCCNC(=O)C(C)(C)C)NC1CCc2nc(C)nn2C1. The van der Waals surface area contributed by atoms with E-state index in [2.05, 4.69) is 31.0 Å². The highest BCUT2D eigenvalue weighted by atomic mass is 16.2. The Balaban J connectivity index is 1.85. The predicted molar refractivity (Wildman–Crippen MR) is 98.4 cm³/mol. The van der Waals surface area contributed by atoms with Crippen LogP contribution in [0.2, 0.25) is 0 Å². The van der Waals surface area contributed by atoms with E-state index in [1.54, 1.807) is 0 Å². The first-order valence-electron chi connectivity index (χ1n) is 9.03. The molecule has 8 heteroatoms. The Morgan fingerprint density at radius 2 is 2.12 bits per heavy atom. The van der Waals surface area contributed by atoms with Gasteiger partial charge in [0.15, 0.2) is 5.96 Å². The number of guanidine groups is 1. The van der Waals surface area contributed by atoms with E-state index < -0.39 is 0 Å². The molecule has 0 saturated carbocycles. The highest BCUT2D eigenvalue weighted by molar-refractivity contribution is 5.81. The molecule has 25 heavy (non-hydrogen) atoms. The second kappa shape index (κ2) is 8.31. The van der Waals surface area contributed by atoms with Crippen molar-refractivity contribution in [2.45, 2.75) is 60.0 Å². The fraction of sp³-hybridized carbons (Fsp3) is 0.765. The van der Waals surface area contributed by atoms with Gasteiger partial charge in [0, 0.05) is 31.0 Å². The molecule has 8 nitrogen and oxygen atoms in total. The van der Waals surface area contributed by atoms with Crippen LogP contribution < -0.4 is 16.0 Å². The Morgan fingerprint density at radius 3 is 2.80 bits per heavy atom. The molecule has 1 aromatic rings. The first-order valence-corrected chi connectivity index (χ1v) is 9.03. The molecule has 0 saturated heterocycles. The maximum absolute atomic E-state index is 11.9. The van der Waals surface area contributed by atoms with Crippen LogP contribution in [0.4, 0.5) is 0 Å². The highest BCUT2D eigenvalue weighted by Crippen LogP contribution is 2.13. The summed E-state index contributed by atoms with van der Waals surface area (Å²) in [4.78, 5) is 20.9. The Labute approximate surface area is 149 Å². The minimum atomic E-state index is -0.373. The second-order valence-corrected chi connectivity index (χ2v) is 7.40. The Hall–Kier alpha value is -2.12. The van der Waals surface area contributed by atoms with Gasteiger partial charge in [0.1, 0.15) is 11.6 Å². The molecule has 1 aliphatic heterocycles. The molecule has 0 fully saturated rings. The van der Waals surface area contributed by atoms with E-state index in [-0.39, 0.29) is 17.4 Å². The number of aromatic nitrogens is 3. The van der Waals surface area contributed by atoms with Crippen LogP contribution in [-0.4, -0.2) is 52.3 Å². The number of amides is 1. The first kappa shape index (κ1) is 19.2. The van der Waals surface area contributed by atoms with Crippen LogP contribution in [0.15, 0.2) is 4.99 Å². The van der Waals surface area contributed by atoms with E-state index in [9.17, 15) is 4.79 Å². The molecule has 2 heterocycles. The number of carbonyl (C=O) groups is 1. The van der Waals surface area contributed by atoms with E-state index in [0.717, 1.165) is 43.5 Å². The quantitative estimate of drug-likeness (QED) is 0.411. The fourth-order valence-corrected chi connectivity index (χ4v) is 2.67. The zero-order valence-electron chi connectivity index (χ0n) is 16.0. The number of hydrogen-bond donors (Lipinski definition) is 3. The Bertz CT molecular complexity index is 615. The van der Waals surface area contributed by atoms with Gasteiger partial charge in [-0.15, -0.1) is 0 Å². The number of hydrogen-bond acceptors (Lipinski definition) is 4. The summed E-state index contributed by atoms with van der Waals surface area (Å²) in [6.07, 6.45) is 1.92. The molecule has 140 valence electrons. The van der Waals surface area contributed by atoms with Crippen molar-refractivity contribution in [3.05, 3.63) is 11.6 Å². The molecule has 1 unspecified atom stereocenters. The molecule has 0 radical (unpaired) electrons. The van der Waals surface area contributed by atoms with Gasteiger partial charge >= 0.3 is 0 Å². The number of nitrogens with one attached hydrogen (secondary N) is 3. The number of rotatable bonds is 5. The van der Waals surface area contributed by atoms with Crippen molar-refractivity contribution >= 4 is 11.9 Å². The van der Waals surface area contributed by atoms with E-state index in [1.807, 2.05) is 39.3 Å². The van der Waals surface area contributed by atoms with Crippen molar-refractivity contribution in [1.82, 2.24) is 30.7 Å². The monoisotopic (exact) mass is 349 g/mol. The van der Waals surface area contributed by atoms with Gasteiger partial charge < -0.3 is 16.0 Å². The summed E-state index contributed by atoms with van der Waals surface area (Å²) in [6, 6.07) is 0.274. The normalized spacial score (nSPS) is 17.8. The van der Waals surface area contributed by atoms with E-state index in [1.165, 1.54) is 0 Å². The van der Waals surface area contributed by atoms with Crippen molar-refractivity contribution in [3.8, 4) is 0 Å². The number of fused-ring (bicyclic) bond motifs is 1. The van der Waals surface area contributed by atoms with Crippen molar-refractivity contribution in [1.29, 1.82) is 0 Å². The van der Waals surface area contributed by atoms with Crippen LogP contribution in [0, 0.1) is 12.3 Å². The van der Waals surface area contributed by atoms with Crippen LogP contribution in [0.3, 0.4) is 0 Å². The minimum Gasteiger partial charge on any atom is -0.357 e. The number of aliphatic imine (C=N–C) groups is 1. The molecule has 1 aliphatic rings. The van der Waals surface area contributed by atoms with Crippen molar-refractivity contribution in [2.24, 2.45) is 10.4 Å². The van der Waals surface area contributed by atoms with Gasteiger partial charge in [0.25, 0.3) is 0 Å². The minimum absolute atomic E-state index is 0.0435. The topological polar surface area (TPSA) is 96.2 Å². The summed E-state index contributed by atoms with van der Waals surface area (Å²) in [6.45, 7) is 12.3. The molecular formula is C17H31N7O. The largest absolute Gasteiger partial charge is 0.357 e. The summed E-state index contributed by atoms with van der Waals surface area (Å²) in [5.74, 6) is 2.70. The van der Waals surface area contributed by atoms with Crippen LogP contribution in [0.1, 0.15) is 45.8 Å². The summed E-state index contributed by atoms with van der Waals surface area (Å²) >= 11 is 0. The molecule has 1 aromatic heterocycles. The van der Waals surface area contributed by atoms with Crippen LogP contribution in [-0.2, 0) is 17.8 Å². The standard InChI is InChI=1S/C17H31N7O/c1-6-18-16(20-10-9-19-15(25)17(3,4)5)22-13-7-8-14-21-12(2)23-24(14)11-13/h13H,6-11H2,1-5H3,(H,19,25)(H2,18,20,22). The summed E-state index contributed by atoms with van der Waals surface area (Å²) < 4.78 is 1.98. The molecule has 0 aliphatic carbocycles. The Kier molecular flexibility index (Phi) is 6.39. The lowest BCUT2D eigenvalue weighted by atomic mass is 9.96. The van der Waals surface area contributed by atoms with Gasteiger partial charge in [-0.2, -0.15) is 5.10 Å². The van der Waals surface area contributed by atoms with Crippen LogP contribution >= 0.6 is 0 Å². The maximum Gasteiger partial charge on any atom is 0.225 e. The van der Waals surface area contributed by atoms with E-state index in [0.29, 0.717) is 13.1 Å². The molecule has 0 aromatic carbocycles. The van der Waals surface area contributed by atoms with Gasteiger partial charge in [-0.3, -0.25) is 9.79 Å². The molecule has 3 N–H and O–H groups in total. The van der Waals surface area contributed by atoms with Gasteiger partial charge in [0.2, 0.25) is 5.91 Å².